The molecule has 0 bridgehead atoms. The first kappa shape index (κ1) is 27.2. The van der Waals surface area contributed by atoms with Gasteiger partial charge in [0.05, 0.1) is 5.56 Å². The van der Waals surface area contributed by atoms with Crippen LogP contribution in [0.5, 0.6) is 0 Å². The molecule has 7 nitrogen and oxygen atoms in total. The van der Waals surface area contributed by atoms with Gasteiger partial charge in [0.2, 0.25) is 11.8 Å². The van der Waals surface area contributed by atoms with Crippen LogP contribution in [-0.4, -0.2) is 38.5 Å². The van der Waals surface area contributed by atoms with Crippen LogP contribution < -0.4 is 10.6 Å². The molecule has 0 radical (unpaired) electrons. The van der Waals surface area contributed by atoms with Crippen LogP contribution >= 0.6 is 0 Å². The number of carbonyl (C=O) groups is 2. The molecule has 2 N–H and O–H groups in total. The van der Waals surface area contributed by atoms with E-state index in [1.165, 1.54) is 55.2 Å². The lowest BCUT2D eigenvalue weighted by molar-refractivity contribution is -0.137. The standard InChI is InChI=1S/C26H26F5N5O2/c1-15-21(19(9-12-32-15)26(29,30)31)16-5-7-18(8-6-16)34-24(38)22(17-4-3-11-25(27,28)14-17)35-23(37)20-10-13-33-36(20)2/h5-10,12-13,17,22H,3-4,11,14H2,1-2H3,(H,34,38)(H,35,37)/t17-,22-/m0/s1. The molecule has 2 atom stereocenters. The molecular formula is C26H26F5N5O2. The number of hydrogen-bond acceptors (Lipinski definition) is 4. The Balaban J connectivity index is 1.57. The number of halogens is 5. The third-order valence-electron chi connectivity index (χ3n) is 6.66. The highest BCUT2D eigenvalue weighted by Gasteiger charge is 2.42. The molecule has 3 aromatic rings. The van der Waals surface area contributed by atoms with Crippen LogP contribution in [0.2, 0.25) is 0 Å². The summed E-state index contributed by atoms with van der Waals surface area (Å²) in [5, 5.41) is 9.10. The lowest BCUT2D eigenvalue weighted by Crippen LogP contribution is -2.51. The van der Waals surface area contributed by atoms with Crippen molar-refractivity contribution in [2.45, 2.75) is 50.7 Å². The highest BCUT2D eigenvalue weighted by Crippen LogP contribution is 2.40. The SMILES string of the molecule is Cc1nccc(C(F)(F)F)c1-c1ccc(NC(=O)[C@@H](NC(=O)c2ccnn2C)[C@H]2CCCC(F)(F)C2)cc1. The number of hydrogen-bond donors (Lipinski definition) is 2. The zero-order valence-electron chi connectivity index (χ0n) is 20.6. The summed E-state index contributed by atoms with van der Waals surface area (Å²) in [4.78, 5) is 30.0. The van der Waals surface area contributed by atoms with Gasteiger partial charge in [0.25, 0.3) is 5.91 Å². The molecule has 0 spiro atoms. The van der Waals surface area contributed by atoms with E-state index in [1.54, 1.807) is 0 Å². The van der Waals surface area contributed by atoms with E-state index in [1.807, 2.05) is 0 Å². The van der Waals surface area contributed by atoms with Crippen molar-refractivity contribution < 1.29 is 31.5 Å². The van der Waals surface area contributed by atoms with Crippen LogP contribution in [0.25, 0.3) is 11.1 Å². The largest absolute Gasteiger partial charge is 0.417 e. The molecule has 12 heteroatoms. The minimum atomic E-state index is -4.59. The average molecular weight is 536 g/mol. The minimum absolute atomic E-state index is 0.0800. The highest BCUT2D eigenvalue weighted by molar-refractivity contribution is 6.00. The van der Waals surface area contributed by atoms with Crippen molar-refractivity contribution in [2.24, 2.45) is 13.0 Å². The van der Waals surface area contributed by atoms with E-state index in [2.05, 4.69) is 20.7 Å². The van der Waals surface area contributed by atoms with Crippen molar-refractivity contribution in [1.82, 2.24) is 20.1 Å². The van der Waals surface area contributed by atoms with Gasteiger partial charge in [-0.15, -0.1) is 0 Å². The van der Waals surface area contributed by atoms with Gasteiger partial charge in [0.15, 0.2) is 0 Å². The average Bonchev–Trinajstić information content (AvgIpc) is 3.27. The summed E-state index contributed by atoms with van der Waals surface area (Å²) in [5.74, 6) is -5.12. The Kier molecular flexibility index (Phi) is 7.52. The minimum Gasteiger partial charge on any atom is -0.339 e. The molecule has 202 valence electrons. The van der Waals surface area contributed by atoms with Crippen LogP contribution in [0.1, 0.15) is 47.4 Å². The summed E-state index contributed by atoms with van der Waals surface area (Å²) in [6.07, 6.45) is -2.43. The summed E-state index contributed by atoms with van der Waals surface area (Å²) in [7, 11) is 1.54. The van der Waals surface area contributed by atoms with Gasteiger partial charge in [-0.3, -0.25) is 19.3 Å². The molecule has 1 aliphatic rings. The lowest BCUT2D eigenvalue weighted by atomic mass is 9.81. The number of aryl methyl sites for hydroxylation is 2. The maximum absolute atomic E-state index is 14.2. The van der Waals surface area contributed by atoms with Gasteiger partial charge in [0.1, 0.15) is 11.7 Å². The maximum atomic E-state index is 14.2. The Hall–Kier alpha value is -3.83. The molecule has 38 heavy (non-hydrogen) atoms. The normalized spacial score (nSPS) is 18.0. The highest BCUT2D eigenvalue weighted by atomic mass is 19.4. The quantitative estimate of drug-likeness (QED) is 0.416. The van der Waals surface area contributed by atoms with E-state index in [0.29, 0.717) is 6.42 Å². The zero-order chi connectivity index (χ0) is 27.7. The van der Waals surface area contributed by atoms with Crippen molar-refractivity contribution in [3.63, 3.8) is 0 Å². The molecular weight excluding hydrogens is 509 g/mol. The van der Waals surface area contributed by atoms with E-state index < -0.39 is 47.9 Å². The zero-order valence-corrected chi connectivity index (χ0v) is 20.6. The number of nitrogens with zero attached hydrogens (tertiary/aromatic N) is 3. The first-order valence-electron chi connectivity index (χ1n) is 12.0. The number of carbonyl (C=O) groups excluding carboxylic acids is 2. The maximum Gasteiger partial charge on any atom is 0.417 e. The van der Waals surface area contributed by atoms with E-state index in [0.717, 1.165) is 12.3 Å². The van der Waals surface area contributed by atoms with Gasteiger partial charge in [-0.25, -0.2) is 8.78 Å². The molecule has 2 aromatic heterocycles. The van der Waals surface area contributed by atoms with Gasteiger partial charge in [0, 0.05) is 49.2 Å². The van der Waals surface area contributed by atoms with Crippen LogP contribution in [0.4, 0.5) is 27.6 Å². The molecule has 2 amide bonds. The summed E-state index contributed by atoms with van der Waals surface area (Å²) < 4.78 is 70.3. The van der Waals surface area contributed by atoms with Gasteiger partial charge in [-0.05, 0) is 55.5 Å². The fourth-order valence-electron chi connectivity index (χ4n) is 4.81. The fourth-order valence-corrected chi connectivity index (χ4v) is 4.81. The number of nitrogens with one attached hydrogen (secondary N) is 2. The number of anilines is 1. The van der Waals surface area contributed by atoms with Crippen molar-refractivity contribution in [1.29, 1.82) is 0 Å². The van der Waals surface area contributed by atoms with Crippen LogP contribution in [0.3, 0.4) is 0 Å². The number of benzene rings is 1. The molecule has 1 saturated carbocycles. The topological polar surface area (TPSA) is 88.9 Å². The van der Waals surface area contributed by atoms with Crippen molar-refractivity contribution in [3.8, 4) is 11.1 Å². The van der Waals surface area contributed by atoms with Crippen LogP contribution in [-0.2, 0) is 18.0 Å². The summed E-state index contributed by atoms with van der Waals surface area (Å²) in [6, 6.07) is 6.71. The van der Waals surface area contributed by atoms with Crippen molar-refractivity contribution >= 4 is 17.5 Å². The second kappa shape index (κ2) is 10.5. The fraction of sp³-hybridized carbons (Fsp3) is 0.385. The van der Waals surface area contributed by atoms with Crippen LogP contribution in [0.15, 0.2) is 48.8 Å². The van der Waals surface area contributed by atoms with Crippen molar-refractivity contribution in [3.05, 3.63) is 65.7 Å². The number of pyridine rings is 1. The van der Waals surface area contributed by atoms with Gasteiger partial charge < -0.3 is 10.6 Å². The number of amides is 2. The number of aromatic nitrogens is 3. The van der Waals surface area contributed by atoms with Crippen LogP contribution in [0, 0.1) is 12.8 Å². The first-order valence-corrected chi connectivity index (χ1v) is 12.0. The monoisotopic (exact) mass is 535 g/mol. The van der Waals surface area contributed by atoms with E-state index in [9.17, 15) is 31.5 Å². The molecule has 0 saturated heterocycles. The van der Waals surface area contributed by atoms with E-state index >= 15 is 0 Å². The Morgan fingerprint density at radius 1 is 1.11 bits per heavy atom. The summed E-state index contributed by atoms with van der Waals surface area (Å²) >= 11 is 0. The van der Waals surface area contributed by atoms with E-state index in [-0.39, 0.29) is 41.0 Å². The third-order valence-corrected chi connectivity index (χ3v) is 6.66. The Morgan fingerprint density at radius 2 is 1.82 bits per heavy atom. The second-order valence-corrected chi connectivity index (χ2v) is 9.39. The van der Waals surface area contributed by atoms with Crippen molar-refractivity contribution in [2.75, 3.05) is 5.32 Å². The molecule has 0 unspecified atom stereocenters. The molecule has 1 aromatic carbocycles. The van der Waals surface area contributed by atoms with Gasteiger partial charge in [-0.2, -0.15) is 18.3 Å². The molecule has 1 fully saturated rings. The van der Waals surface area contributed by atoms with Gasteiger partial charge >= 0.3 is 6.18 Å². The molecule has 0 aliphatic heterocycles. The summed E-state index contributed by atoms with van der Waals surface area (Å²) in [6.45, 7) is 1.47. The predicted octanol–water partition coefficient (Wildman–Crippen LogP) is 5.37. The second-order valence-electron chi connectivity index (χ2n) is 9.39. The molecule has 1 aliphatic carbocycles. The molecule has 4 rings (SSSR count). The first-order chi connectivity index (χ1) is 17.9. The Labute approximate surface area is 215 Å². The predicted molar refractivity (Wildman–Crippen MR) is 129 cm³/mol. The smallest absolute Gasteiger partial charge is 0.339 e. The number of alkyl halides is 5. The molecule has 2 heterocycles. The number of rotatable bonds is 6. The van der Waals surface area contributed by atoms with Gasteiger partial charge in [-0.1, -0.05) is 12.1 Å². The lowest BCUT2D eigenvalue weighted by Gasteiger charge is -2.34. The Morgan fingerprint density at radius 3 is 2.42 bits per heavy atom. The van der Waals surface area contributed by atoms with E-state index in [4.69, 9.17) is 0 Å². The summed E-state index contributed by atoms with van der Waals surface area (Å²) in [5.41, 5.74) is -0.0958. The third kappa shape index (κ3) is 6.00. The Bertz CT molecular complexity index is 1320.